The molecule has 0 aromatic carbocycles. The minimum Gasteiger partial charge on any atom is -0.459 e. The Hall–Kier alpha value is -1.01. The van der Waals surface area contributed by atoms with Crippen molar-refractivity contribution in [1.82, 2.24) is 9.80 Å². The summed E-state index contributed by atoms with van der Waals surface area (Å²) in [4.78, 5) is 17.9. The van der Waals surface area contributed by atoms with E-state index in [-0.39, 0.29) is 30.9 Å². The fraction of sp³-hybridized carbons (Fsp3) is 0.973. The van der Waals surface area contributed by atoms with Crippen LogP contribution in [0.3, 0.4) is 0 Å². The summed E-state index contributed by atoms with van der Waals surface area (Å²) in [6.45, 7) is 17.7. The van der Waals surface area contributed by atoms with Gasteiger partial charge in [0.05, 0.1) is 41.5 Å². The van der Waals surface area contributed by atoms with E-state index in [2.05, 4.69) is 0 Å². The summed E-state index contributed by atoms with van der Waals surface area (Å²) >= 11 is 0. The molecular weight excluding hydrogens is 664 g/mol. The van der Waals surface area contributed by atoms with Crippen LogP contribution in [0.1, 0.15) is 88.5 Å². The average Bonchev–Trinajstić information content (AvgIpc) is 3.03. The number of carbonyl (C=O) groups is 1. The summed E-state index contributed by atoms with van der Waals surface area (Å²) in [7, 11) is 7.10. The predicted molar refractivity (Wildman–Crippen MR) is 190 cm³/mol. The standard InChI is InChI=1S/C37H70N2O12/c1-19-16-35(8,44)32(51-34-28(40)26(38(11)12)15-20(2)47-34)21(3)29(50-27-17-36(9,46-14)31(42)24(6)48-27)22(4)33(43)49-25(7)37(10,45)30(41)23(5)39(13)18-19/h19-32,34,40-42,44-45H,15-18H2,1-14H3/t19-,20-,21+,22-,23-,24+,25-,26+,27+,28-,29+,30-,31+,32-,34-,35-,36-,37-/m1/s1. The normalized spacial score (nSPS) is 50.4. The molecular formula is C37H70N2O12. The zero-order valence-corrected chi connectivity index (χ0v) is 33.5. The second kappa shape index (κ2) is 17.2. The van der Waals surface area contributed by atoms with Crippen molar-refractivity contribution in [3.8, 4) is 0 Å². The summed E-state index contributed by atoms with van der Waals surface area (Å²) in [5.41, 5.74) is -4.38. The first kappa shape index (κ1) is 44.4. The Morgan fingerprint density at radius 3 is 2.08 bits per heavy atom. The largest absolute Gasteiger partial charge is 0.459 e. The minimum atomic E-state index is -1.81. The van der Waals surface area contributed by atoms with Crippen molar-refractivity contribution in [3.05, 3.63) is 0 Å². The van der Waals surface area contributed by atoms with Gasteiger partial charge in [-0.3, -0.25) is 4.79 Å². The lowest BCUT2D eigenvalue weighted by atomic mass is 9.77. The van der Waals surface area contributed by atoms with Crippen molar-refractivity contribution in [3.63, 3.8) is 0 Å². The van der Waals surface area contributed by atoms with Gasteiger partial charge in [-0.25, -0.2) is 0 Å². The lowest BCUT2D eigenvalue weighted by Crippen LogP contribution is -2.60. The molecule has 3 aliphatic rings. The zero-order valence-electron chi connectivity index (χ0n) is 33.5. The van der Waals surface area contributed by atoms with Gasteiger partial charge in [0, 0.05) is 38.1 Å². The van der Waals surface area contributed by atoms with Crippen LogP contribution in [0.2, 0.25) is 0 Å². The van der Waals surface area contributed by atoms with E-state index in [0.717, 1.165) is 0 Å². The highest BCUT2D eigenvalue weighted by molar-refractivity contribution is 5.73. The van der Waals surface area contributed by atoms with Crippen LogP contribution in [0.4, 0.5) is 0 Å². The van der Waals surface area contributed by atoms with Crippen molar-refractivity contribution < 1.29 is 58.7 Å². The monoisotopic (exact) mass is 734 g/mol. The number of rotatable bonds is 6. The summed E-state index contributed by atoms with van der Waals surface area (Å²) in [6.07, 6.45) is -8.47. The Morgan fingerprint density at radius 1 is 0.902 bits per heavy atom. The fourth-order valence-electron chi connectivity index (χ4n) is 8.32. The van der Waals surface area contributed by atoms with Crippen LogP contribution >= 0.6 is 0 Å². The zero-order chi connectivity index (χ0) is 39.0. The van der Waals surface area contributed by atoms with Crippen LogP contribution in [0, 0.1) is 17.8 Å². The van der Waals surface area contributed by atoms with E-state index in [1.54, 1.807) is 41.5 Å². The molecule has 3 fully saturated rings. The van der Waals surface area contributed by atoms with Gasteiger partial charge in [0.2, 0.25) is 0 Å². The van der Waals surface area contributed by atoms with Gasteiger partial charge >= 0.3 is 5.97 Å². The van der Waals surface area contributed by atoms with Gasteiger partial charge in [-0.1, -0.05) is 13.8 Å². The molecule has 3 saturated heterocycles. The smallest absolute Gasteiger partial charge is 0.311 e. The van der Waals surface area contributed by atoms with Gasteiger partial charge in [-0.2, -0.15) is 0 Å². The number of aliphatic hydroxyl groups excluding tert-OH is 3. The Bertz CT molecular complexity index is 1130. The number of carbonyl (C=O) groups excluding carboxylic acids is 1. The summed E-state index contributed by atoms with van der Waals surface area (Å²) in [6, 6.07) is -0.809. The highest BCUT2D eigenvalue weighted by Crippen LogP contribution is 2.40. The molecule has 0 aliphatic carbocycles. The third-order valence-corrected chi connectivity index (χ3v) is 12.0. The molecule has 300 valence electrons. The molecule has 0 unspecified atom stereocenters. The highest BCUT2D eigenvalue weighted by Gasteiger charge is 2.52. The molecule has 0 bridgehead atoms. The Balaban J connectivity index is 2.15. The SMILES string of the molecule is CO[C@]1(C)C[C@H](O[C@H]2[C@H](C)[C@@H](O[C@H]3O[C@H](C)C[C@H](N(C)C)[C@H]3O)[C@](C)(O)C[C@@H](C)CN(C)[C@H](C)[C@@H](O)[C@](C)(O)[C@@H](C)OC(=O)[C@@H]2C)O[C@@H](C)[C@@H]1O. The average molecular weight is 735 g/mol. The molecule has 0 amide bonds. The van der Waals surface area contributed by atoms with E-state index in [1.807, 2.05) is 51.7 Å². The van der Waals surface area contributed by atoms with Gasteiger partial charge < -0.3 is 63.8 Å². The molecule has 5 N–H and O–H groups in total. The topological polar surface area (TPSA) is 180 Å². The minimum absolute atomic E-state index is 0.132. The second-order valence-electron chi connectivity index (χ2n) is 16.9. The van der Waals surface area contributed by atoms with Crippen LogP contribution in [-0.2, 0) is 33.2 Å². The number of cyclic esters (lactones) is 1. The van der Waals surface area contributed by atoms with Gasteiger partial charge in [0.1, 0.15) is 30.0 Å². The number of nitrogens with zero attached hydrogens (tertiary/aromatic N) is 2. The van der Waals surface area contributed by atoms with Crippen LogP contribution in [0.5, 0.6) is 0 Å². The van der Waals surface area contributed by atoms with Crippen molar-refractivity contribution in [2.75, 3.05) is 34.8 Å². The molecule has 14 heteroatoms. The number of methoxy groups -OCH3 is 1. The number of esters is 1. The highest BCUT2D eigenvalue weighted by atomic mass is 16.7. The molecule has 3 heterocycles. The Kier molecular flexibility index (Phi) is 15.0. The summed E-state index contributed by atoms with van der Waals surface area (Å²) in [5, 5.41) is 57.7. The lowest BCUT2D eigenvalue weighted by Gasteiger charge is -2.48. The molecule has 0 saturated carbocycles. The third kappa shape index (κ3) is 10.0. The van der Waals surface area contributed by atoms with E-state index < -0.39 is 96.0 Å². The fourth-order valence-corrected chi connectivity index (χ4v) is 8.32. The van der Waals surface area contributed by atoms with Crippen molar-refractivity contribution >= 4 is 5.97 Å². The molecule has 0 aromatic heterocycles. The molecule has 14 nitrogen and oxygen atoms in total. The molecule has 0 aromatic rings. The number of ether oxygens (including phenoxy) is 6. The maximum absolute atomic E-state index is 14.0. The van der Waals surface area contributed by atoms with Crippen molar-refractivity contribution in [1.29, 1.82) is 0 Å². The quantitative estimate of drug-likeness (QED) is 0.248. The van der Waals surface area contributed by atoms with Crippen molar-refractivity contribution in [2.45, 2.75) is 179 Å². The second-order valence-corrected chi connectivity index (χ2v) is 16.9. The van der Waals surface area contributed by atoms with E-state index in [0.29, 0.717) is 13.0 Å². The van der Waals surface area contributed by atoms with Gasteiger partial charge in [0.25, 0.3) is 0 Å². The number of aliphatic hydroxyl groups is 5. The molecule has 18 atom stereocenters. The van der Waals surface area contributed by atoms with Crippen LogP contribution in [-0.4, -0.2) is 166 Å². The van der Waals surface area contributed by atoms with Crippen LogP contribution in [0.25, 0.3) is 0 Å². The maximum Gasteiger partial charge on any atom is 0.311 e. The molecule has 0 radical (unpaired) electrons. The third-order valence-electron chi connectivity index (χ3n) is 12.0. The number of likely N-dealkylation sites (N-methyl/N-ethyl adjacent to an activating group) is 2. The molecule has 3 rings (SSSR count). The number of hydrogen-bond acceptors (Lipinski definition) is 14. The first-order valence-electron chi connectivity index (χ1n) is 18.6. The number of hydrogen-bond donors (Lipinski definition) is 5. The predicted octanol–water partition coefficient (Wildman–Crippen LogP) is 1.51. The van der Waals surface area contributed by atoms with E-state index in [1.165, 1.54) is 14.0 Å². The van der Waals surface area contributed by atoms with Crippen LogP contribution in [0.15, 0.2) is 0 Å². The summed E-state index contributed by atoms with van der Waals surface area (Å²) < 4.78 is 37.3. The molecule has 3 aliphatic heterocycles. The molecule has 0 spiro atoms. The van der Waals surface area contributed by atoms with E-state index >= 15 is 0 Å². The Labute approximate surface area is 305 Å². The molecule has 51 heavy (non-hydrogen) atoms. The first-order chi connectivity index (χ1) is 23.4. The Morgan fingerprint density at radius 2 is 1.51 bits per heavy atom. The van der Waals surface area contributed by atoms with Gasteiger partial charge in [-0.05, 0) is 95.3 Å². The first-order valence-corrected chi connectivity index (χ1v) is 18.6. The van der Waals surface area contributed by atoms with E-state index in [9.17, 15) is 30.3 Å². The maximum atomic E-state index is 14.0. The van der Waals surface area contributed by atoms with E-state index in [4.69, 9.17) is 28.4 Å². The van der Waals surface area contributed by atoms with Gasteiger partial charge in [0.15, 0.2) is 12.6 Å². The summed E-state index contributed by atoms with van der Waals surface area (Å²) in [5.74, 6) is -2.60. The lowest BCUT2D eigenvalue weighted by molar-refractivity contribution is -0.318. The van der Waals surface area contributed by atoms with Gasteiger partial charge in [-0.15, -0.1) is 0 Å². The van der Waals surface area contributed by atoms with Crippen LogP contribution < -0.4 is 0 Å². The van der Waals surface area contributed by atoms with Crippen molar-refractivity contribution in [2.24, 2.45) is 17.8 Å².